The topological polar surface area (TPSA) is 68.9 Å². The van der Waals surface area contributed by atoms with Crippen LogP contribution in [0, 0.1) is 0 Å². The average Bonchev–Trinajstić information content (AvgIpc) is 3.12. The van der Waals surface area contributed by atoms with Gasteiger partial charge in [0, 0.05) is 47.7 Å². The van der Waals surface area contributed by atoms with Crippen LogP contribution in [0.15, 0.2) is 30.5 Å². The fourth-order valence-electron chi connectivity index (χ4n) is 3.12. The Morgan fingerprint density at radius 3 is 2.62 bits per heavy atom. The predicted octanol–water partition coefficient (Wildman–Crippen LogP) is 3.30. The number of benzene rings is 1. The van der Waals surface area contributed by atoms with Crippen LogP contribution >= 0.6 is 0 Å². The van der Waals surface area contributed by atoms with Crippen LogP contribution in [0.25, 0.3) is 10.9 Å². The number of aromatic amines is 1. The lowest BCUT2D eigenvalue weighted by Gasteiger charge is -2.15. The third kappa shape index (κ3) is 2.80. The second-order valence-electron chi connectivity index (χ2n) is 7.27. The van der Waals surface area contributed by atoms with E-state index in [0.717, 1.165) is 28.0 Å². The Bertz CT molecular complexity index is 854. The van der Waals surface area contributed by atoms with Crippen LogP contribution in [0.4, 0.5) is 0 Å². The van der Waals surface area contributed by atoms with Crippen molar-refractivity contribution in [2.45, 2.75) is 32.1 Å². The van der Waals surface area contributed by atoms with Gasteiger partial charge >= 0.3 is 0 Å². The van der Waals surface area contributed by atoms with E-state index in [9.17, 15) is 0 Å². The summed E-state index contributed by atoms with van der Waals surface area (Å²) in [6, 6.07) is 8.23. The quantitative estimate of drug-likeness (QED) is 0.773. The molecule has 1 aromatic carbocycles. The highest BCUT2D eigenvalue weighted by Gasteiger charge is 2.25. The minimum absolute atomic E-state index is 0.0125. The average molecular weight is 326 g/mol. The van der Waals surface area contributed by atoms with E-state index in [1.165, 1.54) is 5.56 Å². The summed E-state index contributed by atoms with van der Waals surface area (Å²) in [7, 11) is 3.67. The number of hydrogen-bond donors (Lipinski definition) is 2. The molecule has 0 aliphatic rings. The van der Waals surface area contributed by atoms with Gasteiger partial charge in [-0.3, -0.25) is 4.68 Å². The fourth-order valence-corrected chi connectivity index (χ4v) is 3.12. The van der Waals surface area contributed by atoms with Crippen LogP contribution in [0.2, 0.25) is 0 Å². The van der Waals surface area contributed by atoms with E-state index in [-0.39, 0.29) is 11.3 Å². The van der Waals surface area contributed by atoms with Crippen LogP contribution < -0.4 is 10.5 Å². The molecule has 0 saturated heterocycles. The van der Waals surface area contributed by atoms with Crippen molar-refractivity contribution in [2.75, 3.05) is 13.7 Å². The van der Waals surface area contributed by atoms with E-state index in [1.807, 2.05) is 30.1 Å². The van der Waals surface area contributed by atoms with Crippen molar-refractivity contribution in [2.24, 2.45) is 12.8 Å². The number of fused-ring (bicyclic) bond motifs is 1. The molecule has 0 amide bonds. The maximum absolute atomic E-state index is 6.16. The molecule has 0 saturated carbocycles. The molecule has 0 aliphatic heterocycles. The molecule has 3 N–H and O–H groups in total. The third-order valence-electron chi connectivity index (χ3n) is 4.57. The molecule has 2 aromatic heterocycles. The summed E-state index contributed by atoms with van der Waals surface area (Å²) >= 11 is 0. The fraction of sp³-hybridized carbons (Fsp3) is 0.421. The van der Waals surface area contributed by atoms with E-state index >= 15 is 0 Å². The number of hydrogen-bond acceptors (Lipinski definition) is 3. The van der Waals surface area contributed by atoms with Crippen LogP contribution in [0.5, 0.6) is 5.75 Å². The van der Waals surface area contributed by atoms with Crippen molar-refractivity contribution in [1.82, 2.24) is 14.8 Å². The largest absolute Gasteiger partial charge is 0.497 e. The molecule has 2 heterocycles. The highest BCUT2D eigenvalue weighted by atomic mass is 16.5. The van der Waals surface area contributed by atoms with Gasteiger partial charge in [-0.25, -0.2) is 0 Å². The van der Waals surface area contributed by atoms with Crippen molar-refractivity contribution in [3.63, 3.8) is 0 Å². The van der Waals surface area contributed by atoms with Crippen molar-refractivity contribution in [1.29, 1.82) is 0 Å². The Kier molecular flexibility index (Phi) is 4.13. The lowest BCUT2D eigenvalue weighted by atomic mass is 9.90. The van der Waals surface area contributed by atoms with Gasteiger partial charge in [0.15, 0.2) is 0 Å². The summed E-state index contributed by atoms with van der Waals surface area (Å²) in [5, 5.41) is 5.84. The van der Waals surface area contributed by atoms with Crippen LogP contribution in [0.3, 0.4) is 0 Å². The molecular formula is C19H26N4O. The van der Waals surface area contributed by atoms with Crippen molar-refractivity contribution >= 4 is 10.9 Å². The normalized spacial score (nSPS) is 13.4. The predicted molar refractivity (Wildman–Crippen MR) is 97.7 cm³/mol. The number of nitrogens with two attached hydrogens (primary N) is 1. The SMILES string of the molecule is COc1ccc2[nH]cc(C(CN)c3cc(C(C)(C)C)nn3C)c2c1. The summed E-state index contributed by atoms with van der Waals surface area (Å²) < 4.78 is 7.33. The Labute approximate surface area is 142 Å². The number of aromatic nitrogens is 3. The molecule has 0 radical (unpaired) electrons. The van der Waals surface area contributed by atoms with Crippen molar-refractivity contribution in [3.8, 4) is 5.75 Å². The van der Waals surface area contributed by atoms with Crippen LogP contribution in [0.1, 0.15) is 43.6 Å². The van der Waals surface area contributed by atoms with E-state index in [4.69, 9.17) is 15.6 Å². The molecule has 1 unspecified atom stereocenters. The van der Waals surface area contributed by atoms with Gasteiger partial charge in [0.05, 0.1) is 12.8 Å². The molecule has 0 bridgehead atoms. The molecule has 0 spiro atoms. The summed E-state index contributed by atoms with van der Waals surface area (Å²) in [4.78, 5) is 3.34. The number of nitrogens with zero attached hydrogens (tertiary/aromatic N) is 2. The first-order valence-corrected chi connectivity index (χ1v) is 8.24. The van der Waals surface area contributed by atoms with Crippen molar-refractivity contribution in [3.05, 3.63) is 47.4 Å². The molecule has 5 nitrogen and oxygen atoms in total. The maximum Gasteiger partial charge on any atom is 0.119 e. The number of nitrogens with one attached hydrogen (secondary N) is 1. The van der Waals surface area contributed by atoms with Crippen molar-refractivity contribution < 1.29 is 4.74 Å². The van der Waals surface area contributed by atoms with E-state index < -0.39 is 0 Å². The molecule has 128 valence electrons. The molecule has 0 fully saturated rings. The van der Waals surface area contributed by atoms with Gasteiger partial charge in [0.1, 0.15) is 5.75 Å². The zero-order valence-electron chi connectivity index (χ0n) is 15.1. The molecule has 3 rings (SSSR count). The lowest BCUT2D eigenvalue weighted by molar-refractivity contribution is 0.415. The summed E-state index contributed by atoms with van der Waals surface area (Å²) in [5.74, 6) is 0.930. The molecule has 24 heavy (non-hydrogen) atoms. The monoisotopic (exact) mass is 326 g/mol. The smallest absolute Gasteiger partial charge is 0.119 e. The minimum atomic E-state index is 0.0125. The molecule has 1 atom stereocenters. The number of ether oxygens (including phenoxy) is 1. The highest BCUT2D eigenvalue weighted by molar-refractivity contribution is 5.85. The molecule has 5 heteroatoms. The lowest BCUT2D eigenvalue weighted by Crippen LogP contribution is -2.16. The van der Waals surface area contributed by atoms with Gasteiger partial charge in [-0.2, -0.15) is 5.10 Å². The van der Waals surface area contributed by atoms with Gasteiger partial charge in [0.2, 0.25) is 0 Å². The summed E-state index contributed by atoms with van der Waals surface area (Å²) in [6.07, 6.45) is 2.05. The number of rotatable bonds is 4. The number of H-pyrrole nitrogens is 1. The highest BCUT2D eigenvalue weighted by Crippen LogP contribution is 2.33. The van der Waals surface area contributed by atoms with Gasteiger partial charge < -0.3 is 15.5 Å². The van der Waals surface area contributed by atoms with Gasteiger partial charge in [-0.15, -0.1) is 0 Å². The van der Waals surface area contributed by atoms with Gasteiger partial charge in [-0.05, 0) is 29.8 Å². The van der Waals surface area contributed by atoms with E-state index in [1.54, 1.807) is 7.11 Å². The molecule has 3 aromatic rings. The zero-order chi connectivity index (χ0) is 17.5. The zero-order valence-corrected chi connectivity index (χ0v) is 15.1. The summed E-state index contributed by atoms with van der Waals surface area (Å²) in [6.45, 7) is 7.04. The molecule has 0 aliphatic carbocycles. The Morgan fingerprint density at radius 2 is 2.04 bits per heavy atom. The first-order valence-electron chi connectivity index (χ1n) is 8.24. The number of methoxy groups -OCH3 is 1. The van der Waals surface area contributed by atoms with Gasteiger partial charge in [0.25, 0.3) is 0 Å². The second-order valence-corrected chi connectivity index (χ2v) is 7.27. The first-order chi connectivity index (χ1) is 11.3. The second kappa shape index (κ2) is 5.98. The standard InChI is InChI=1S/C19H26N4O/c1-19(2,3)18-9-17(23(4)22-18)14(10-20)15-11-21-16-7-6-12(24-5)8-13(15)16/h6-9,11,14,21H,10,20H2,1-5H3. The minimum Gasteiger partial charge on any atom is -0.497 e. The Morgan fingerprint density at radius 1 is 1.29 bits per heavy atom. The van der Waals surface area contributed by atoms with E-state index in [0.29, 0.717) is 6.54 Å². The van der Waals surface area contributed by atoms with Gasteiger partial charge in [-0.1, -0.05) is 20.8 Å². The first kappa shape index (κ1) is 16.6. The maximum atomic E-state index is 6.16. The third-order valence-corrected chi connectivity index (χ3v) is 4.57. The van der Waals surface area contributed by atoms with E-state index in [2.05, 4.69) is 37.9 Å². The van der Waals surface area contributed by atoms with Crippen LogP contribution in [-0.4, -0.2) is 28.4 Å². The van der Waals surface area contributed by atoms with Crippen LogP contribution in [-0.2, 0) is 12.5 Å². The summed E-state index contributed by atoms with van der Waals surface area (Å²) in [5.41, 5.74) is 10.6. The Hall–Kier alpha value is -2.27. The Balaban J connectivity index is 2.11. The number of aryl methyl sites for hydroxylation is 1. The molecular weight excluding hydrogens is 300 g/mol.